The van der Waals surface area contributed by atoms with Crippen molar-refractivity contribution in [3.63, 3.8) is 0 Å². The number of hydrogen-bond donors (Lipinski definition) is 1. The average Bonchev–Trinajstić information content (AvgIpc) is 2.46. The predicted octanol–water partition coefficient (Wildman–Crippen LogP) is 4.06. The molecule has 0 spiro atoms. The van der Waals surface area contributed by atoms with Gasteiger partial charge in [0.15, 0.2) is 0 Å². The second-order valence-corrected chi connectivity index (χ2v) is 8.34. The van der Waals surface area contributed by atoms with E-state index >= 15 is 0 Å². The molecule has 1 fully saturated rings. The van der Waals surface area contributed by atoms with Crippen LogP contribution < -0.4 is 5.73 Å². The third-order valence-corrected chi connectivity index (χ3v) is 6.74. The lowest BCUT2D eigenvalue weighted by Crippen LogP contribution is -2.63. The van der Waals surface area contributed by atoms with Crippen LogP contribution in [-0.2, 0) is 11.8 Å². The van der Waals surface area contributed by atoms with E-state index < -0.39 is 0 Å². The van der Waals surface area contributed by atoms with Crippen LogP contribution in [0.4, 0.5) is 0 Å². The molecule has 0 radical (unpaired) electrons. The van der Waals surface area contributed by atoms with Crippen LogP contribution in [0.25, 0.3) is 0 Å². The summed E-state index contributed by atoms with van der Waals surface area (Å²) in [6.45, 7) is 10.7. The quantitative estimate of drug-likeness (QED) is 0.849. The highest BCUT2D eigenvalue weighted by Gasteiger charge is 2.51. The molecule has 0 amide bonds. The molecule has 0 heterocycles. The lowest BCUT2D eigenvalue weighted by molar-refractivity contribution is -0.399. The first-order chi connectivity index (χ1) is 9.90. The van der Waals surface area contributed by atoms with E-state index in [0.29, 0.717) is 16.7 Å². The summed E-state index contributed by atoms with van der Waals surface area (Å²) >= 11 is 0. The Morgan fingerprint density at radius 3 is 2.67 bits per heavy atom. The first-order valence-corrected chi connectivity index (χ1v) is 8.83. The van der Waals surface area contributed by atoms with Gasteiger partial charge in [0, 0.05) is 5.41 Å². The van der Waals surface area contributed by atoms with Gasteiger partial charge in [-0.15, -0.1) is 0 Å². The van der Waals surface area contributed by atoms with Crippen molar-refractivity contribution in [2.45, 2.75) is 71.1 Å². The largest absolute Gasteiger partial charge is 0.357 e. The summed E-state index contributed by atoms with van der Waals surface area (Å²) in [6.07, 6.45) is 6.73. The van der Waals surface area contributed by atoms with Gasteiger partial charge in [0.25, 0.3) is 0 Å². The summed E-state index contributed by atoms with van der Waals surface area (Å²) in [4.78, 5) is 0. The van der Waals surface area contributed by atoms with E-state index in [9.17, 15) is 0 Å². The lowest BCUT2D eigenvalue weighted by atomic mass is 9.50. The van der Waals surface area contributed by atoms with Crippen molar-refractivity contribution >= 4 is 0 Å². The van der Waals surface area contributed by atoms with Crippen molar-refractivity contribution in [1.82, 2.24) is 0 Å². The molecule has 1 saturated carbocycles. The first kappa shape index (κ1) is 15.1. The van der Waals surface area contributed by atoms with Crippen molar-refractivity contribution in [2.24, 2.45) is 11.3 Å². The minimum atomic E-state index is 0.383. The third-order valence-electron chi connectivity index (χ3n) is 6.74. The van der Waals surface area contributed by atoms with Crippen molar-refractivity contribution in [1.29, 1.82) is 0 Å². The number of quaternary nitrogens is 1. The van der Waals surface area contributed by atoms with E-state index in [1.165, 1.54) is 37.7 Å². The molecule has 0 unspecified atom stereocenters. The predicted molar refractivity (Wildman–Crippen MR) is 89.4 cm³/mol. The Kier molecular flexibility index (Phi) is 3.68. The normalized spacial score (nSPS) is 35.4. The van der Waals surface area contributed by atoms with Crippen LogP contribution in [-0.4, -0.2) is 6.54 Å². The summed E-state index contributed by atoms with van der Waals surface area (Å²) in [6, 6.07) is 7.34. The molecule has 21 heavy (non-hydrogen) atoms. The molecule has 2 aliphatic carbocycles. The Bertz CT molecular complexity index is 533. The third kappa shape index (κ3) is 2.25. The first-order valence-electron chi connectivity index (χ1n) is 8.83. The van der Waals surface area contributed by atoms with Crippen molar-refractivity contribution < 1.29 is 5.73 Å². The van der Waals surface area contributed by atoms with Gasteiger partial charge < -0.3 is 5.73 Å². The topological polar surface area (TPSA) is 27.6 Å². The molecule has 3 N–H and O–H groups in total. The summed E-state index contributed by atoms with van der Waals surface area (Å²) < 4.78 is 0. The number of fused-ring (bicyclic) bond motifs is 3. The Hall–Kier alpha value is -0.820. The molecule has 116 valence electrons. The summed E-state index contributed by atoms with van der Waals surface area (Å²) in [7, 11) is 0. The van der Waals surface area contributed by atoms with Gasteiger partial charge in [-0.05, 0) is 59.6 Å². The van der Waals surface area contributed by atoms with E-state index in [2.05, 4.69) is 51.6 Å². The van der Waals surface area contributed by atoms with Gasteiger partial charge in [-0.2, -0.15) is 0 Å². The molecule has 0 saturated heterocycles. The Morgan fingerprint density at radius 2 is 2.00 bits per heavy atom. The molecule has 0 bridgehead atoms. The van der Waals surface area contributed by atoms with Crippen LogP contribution in [0.5, 0.6) is 0 Å². The monoisotopic (exact) mass is 286 g/mol. The maximum atomic E-state index is 4.30. The van der Waals surface area contributed by atoms with E-state index in [1.807, 2.05) is 0 Å². The van der Waals surface area contributed by atoms with Crippen LogP contribution in [0.3, 0.4) is 0 Å². The van der Waals surface area contributed by atoms with Crippen LogP contribution in [0, 0.1) is 11.3 Å². The molecule has 3 rings (SSSR count). The minimum absolute atomic E-state index is 0.383. The van der Waals surface area contributed by atoms with Crippen molar-refractivity contribution in [3.8, 4) is 0 Å². The molecule has 2 aliphatic rings. The van der Waals surface area contributed by atoms with E-state index in [0.717, 1.165) is 12.5 Å². The maximum absolute atomic E-state index is 4.30. The average molecular weight is 286 g/mol. The molecule has 3 atom stereocenters. The van der Waals surface area contributed by atoms with E-state index in [1.54, 1.807) is 11.1 Å². The highest BCUT2D eigenvalue weighted by Crippen LogP contribution is 2.56. The number of aryl methyl sites for hydroxylation is 1. The fourth-order valence-corrected chi connectivity index (χ4v) is 5.30. The SMILES string of the molecule is CC(C)c1ccc2c(c1)CC[C@@H]1[C@](C)(C[NH3+])CCC[C@]21C. The zero-order valence-electron chi connectivity index (χ0n) is 14.3. The second kappa shape index (κ2) is 5.12. The van der Waals surface area contributed by atoms with Gasteiger partial charge in [-0.25, -0.2) is 0 Å². The van der Waals surface area contributed by atoms with Gasteiger partial charge in [-0.1, -0.05) is 52.3 Å². The Morgan fingerprint density at radius 1 is 1.24 bits per heavy atom. The van der Waals surface area contributed by atoms with E-state index in [4.69, 9.17) is 0 Å². The summed E-state index contributed by atoms with van der Waals surface area (Å²) in [5, 5.41) is 0. The maximum Gasteiger partial charge on any atom is 0.0797 e. The summed E-state index contributed by atoms with van der Waals surface area (Å²) in [5.74, 6) is 1.45. The van der Waals surface area contributed by atoms with Crippen LogP contribution in [0.2, 0.25) is 0 Å². The van der Waals surface area contributed by atoms with Crippen molar-refractivity contribution in [3.05, 3.63) is 34.9 Å². The molecule has 1 aromatic rings. The number of hydrogen-bond acceptors (Lipinski definition) is 0. The zero-order valence-corrected chi connectivity index (χ0v) is 14.3. The van der Waals surface area contributed by atoms with E-state index in [-0.39, 0.29) is 0 Å². The molecule has 1 nitrogen and oxygen atoms in total. The molecule has 0 aromatic heterocycles. The number of rotatable bonds is 2. The highest BCUT2D eigenvalue weighted by molar-refractivity contribution is 5.42. The van der Waals surface area contributed by atoms with Crippen LogP contribution in [0.1, 0.15) is 76.0 Å². The van der Waals surface area contributed by atoms with Gasteiger partial charge in [-0.3, -0.25) is 0 Å². The van der Waals surface area contributed by atoms with Gasteiger partial charge in [0.2, 0.25) is 0 Å². The molecule has 1 aromatic carbocycles. The standard InChI is InChI=1S/C20H31N/c1-14(2)15-6-8-17-16(12-15)7-9-18-19(3,13-21)10-5-11-20(17,18)4/h6,8,12,14,18H,5,7,9-11,13,21H2,1-4H3/p+1/t18-,19+,20-/m1/s1. The van der Waals surface area contributed by atoms with Crippen LogP contribution in [0.15, 0.2) is 18.2 Å². The second-order valence-electron chi connectivity index (χ2n) is 8.34. The smallest absolute Gasteiger partial charge is 0.0797 e. The lowest BCUT2D eigenvalue weighted by Gasteiger charge is -2.54. The minimum Gasteiger partial charge on any atom is -0.357 e. The van der Waals surface area contributed by atoms with Crippen LogP contribution >= 0.6 is 0 Å². The van der Waals surface area contributed by atoms with Gasteiger partial charge in [0.1, 0.15) is 0 Å². The van der Waals surface area contributed by atoms with Gasteiger partial charge >= 0.3 is 0 Å². The fourth-order valence-electron chi connectivity index (χ4n) is 5.30. The van der Waals surface area contributed by atoms with Gasteiger partial charge in [0.05, 0.1) is 6.54 Å². The number of benzene rings is 1. The molecule has 0 aliphatic heterocycles. The Labute approximate surface area is 130 Å². The zero-order chi connectivity index (χ0) is 15.3. The highest BCUT2D eigenvalue weighted by atomic mass is 14.7. The summed E-state index contributed by atoms with van der Waals surface area (Å²) in [5.41, 5.74) is 9.92. The Balaban J connectivity index is 2.05. The van der Waals surface area contributed by atoms with Crippen molar-refractivity contribution in [2.75, 3.05) is 6.54 Å². The molecular formula is C20H32N+. The molecular weight excluding hydrogens is 254 g/mol. The fraction of sp³-hybridized carbons (Fsp3) is 0.700. The molecule has 1 heteroatoms.